The van der Waals surface area contributed by atoms with Crippen LogP contribution >= 0.6 is 0 Å². The van der Waals surface area contributed by atoms with Gasteiger partial charge >= 0.3 is 6.18 Å². The molecule has 1 aliphatic carbocycles. The molecule has 0 spiro atoms. The van der Waals surface area contributed by atoms with Crippen LogP contribution < -0.4 is 10.6 Å². The van der Waals surface area contributed by atoms with Gasteiger partial charge in [-0.1, -0.05) is 6.07 Å². The lowest BCUT2D eigenvalue weighted by atomic mass is 10.0. The molecule has 1 aliphatic rings. The molecule has 0 atom stereocenters. The van der Waals surface area contributed by atoms with E-state index in [0.717, 1.165) is 17.7 Å². The number of pyridine rings is 1. The summed E-state index contributed by atoms with van der Waals surface area (Å²) < 4.78 is 38.3. The quantitative estimate of drug-likeness (QED) is 0.802. The Morgan fingerprint density at radius 2 is 1.77 bits per heavy atom. The molecular formula is C18H16F3N3O2. The Bertz CT molecular complexity index is 818. The molecule has 2 aromatic rings. The van der Waals surface area contributed by atoms with Crippen LogP contribution in [0.5, 0.6) is 0 Å². The van der Waals surface area contributed by atoms with Crippen molar-refractivity contribution >= 4 is 17.5 Å². The van der Waals surface area contributed by atoms with E-state index in [1.165, 1.54) is 12.1 Å². The number of hydrogen-bond donors (Lipinski definition) is 2. The van der Waals surface area contributed by atoms with E-state index in [1.807, 2.05) is 0 Å². The number of nitrogens with zero attached hydrogens (tertiary/aromatic N) is 1. The Morgan fingerprint density at radius 1 is 1.08 bits per heavy atom. The Labute approximate surface area is 147 Å². The minimum absolute atomic E-state index is 0.0121. The number of halogens is 3. The van der Waals surface area contributed by atoms with Crippen molar-refractivity contribution in [3.05, 3.63) is 59.9 Å². The molecule has 2 N–H and O–H groups in total. The summed E-state index contributed by atoms with van der Waals surface area (Å²) >= 11 is 0. The average molecular weight is 363 g/mol. The molecule has 8 heteroatoms. The average Bonchev–Trinajstić information content (AvgIpc) is 3.42. The lowest BCUT2D eigenvalue weighted by Crippen LogP contribution is -2.39. The largest absolute Gasteiger partial charge is 0.416 e. The van der Waals surface area contributed by atoms with Crippen LogP contribution in [0.2, 0.25) is 0 Å². The fourth-order valence-corrected chi connectivity index (χ4v) is 2.56. The van der Waals surface area contributed by atoms with Gasteiger partial charge < -0.3 is 10.6 Å². The molecule has 1 saturated carbocycles. The molecular weight excluding hydrogens is 347 g/mol. The molecule has 136 valence electrons. The normalized spacial score (nSPS) is 15.2. The van der Waals surface area contributed by atoms with Crippen molar-refractivity contribution in [1.82, 2.24) is 10.3 Å². The summed E-state index contributed by atoms with van der Waals surface area (Å²) in [5.41, 5.74) is -1.23. The van der Waals surface area contributed by atoms with Gasteiger partial charge in [-0.25, -0.2) is 0 Å². The summed E-state index contributed by atoms with van der Waals surface area (Å²) in [7, 11) is 0. The molecule has 1 aromatic heterocycles. The topological polar surface area (TPSA) is 71.1 Å². The number of aromatic nitrogens is 1. The molecule has 0 aliphatic heterocycles. The molecule has 2 amide bonds. The van der Waals surface area contributed by atoms with Gasteiger partial charge in [0.2, 0.25) is 11.8 Å². The highest BCUT2D eigenvalue weighted by Crippen LogP contribution is 2.47. The number of rotatable bonds is 5. The van der Waals surface area contributed by atoms with E-state index < -0.39 is 29.0 Å². The van der Waals surface area contributed by atoms with Gasteiger partial charge in [-0.3, -0.25) is 14.6 Å². The Hall–Kier alpha value is -2.90. The van der Waals surface area contributed by atoms with E-state index in [1.54, 1.807) is 24.5 Å². The highest BCUT2D eigenvalue weighted by Gasteiger charge is 2.56. The van der Waals surface area contributed by atoms with E-state index in [2.05, 4.69) is 15.6 Å². The highest BCUT2D eigenvalue weighted by atomic mass is 19.4. The van der Waals surface area contributed by atoms with Crippen LogP contribution in [0.3, 0.4) is 0 Å². The lowest BCUT2D eigenvalue weighted by molar-refractivity contribution is -0.138. The number of benzene rings is 1. The molecule has 0 radical (unpaired) electrons. The minimum atomic E-state index is -4.50. The molecule has 3 rings (SSSR count). The molecule has 5 nitrogen and oxygen atoms in total. The SMILES string of the molecule is O=C(NCc1ccncc1)C1(C(=O)Nc2cccc(C(F)(F)F)c2)CC1. The molecule has 26 heavy (non-hydrogen) atoms. The molecule has 1 aromatic carbocycles. The third-order valence-electron chi connectivity index (χ3n) is 4.27. The molecule has 0 bridgehead atoms. The lowest BCUT2D eigenvalue weighted by Gasteiger charge is -2.16. The molecule has 1 heterocycles. The van der Waals surface area contributed by atoms with Crippen molar-refractivity contribution in [2.75, 3.05) is 5.32 Å². The first-order chi connectivity index (χ1) is 12.3. The fraction of sp³-hybridized carbons (Fsp3) is 0.278. The number of carbonyl (C=O) groups is 2. The van der Waals surface area contributed by atoms with Gasteiger partial charge in [0.1, 0.15) is 5.41 Å². The van der Waals surface area contributed by atoms with E-state index in [0.29, 0.717) is 12.8 Å². The van der Waals surface area contributed by atoms with E-state index >= 15 is 0 Å². The van der Waals surface area contributed by atoms with Crippen LogP contribution in [0.4, 0.5) is 18.9 Å². The first-order valence-corrected chi connectivity index (χ1v) is 7.97. The molecule has 1 fully saturated rings. The Kier molecular flexibility index (Phi) is 4.67. The zero-order valence-corrected chi connectivity index (χ0v) is 13.6. The molecule has 0 unspecified atom stereocenters. The highest BCUT2D eigenvalue weighted by molar-refractivity contribution is 6.13. The predicted molar refractivity (Wildman–Crippen MR) is 87.8 cm³/mol. The van der Waals surface area contributed by atoms with Crippen LogP contribution in [0, 0.1) is 5.41 Å². The van der Waals surface area contributed by atoms with Crippen LogP contribution in [0.15, 0.2) is 48.8 Å². The molecule has 0 saturated heterocycles. The van der Waals surface area contributed by atoms with Gasteiger partial charge in [0, 0.05) is 24.6 Å². The summed E-state index contributed by atoms with van der Waals surface area (Å²) in [5, 5.41) is 5.12. The third kappa shape index (κ3) is 3.84. The number of nitrogens with one attached hydrogen (secondary N) is 2. The summed E-state index contributed by atoms with van der Waals surface area (Å²) in [6.45, 7) is 0.250. The maximum atomic E-state index is 12.8. The van der Waals surface area contributed by atoms with Crippen LogP contribution in [0.25, 0.3) is 0 Å². The number of amides is 2. The monoisotopic (exact) mass is 363 g/mol. The third-order valence-corrected chi connectivity index (χ3v) is 4.27. The zero-order valence-electron chi connectivity index (χ0n) is 13.6. The Morgan fingerprint density at radius 3 is 2.38 bits per heavy atom. The van der Waals surface area contributed by atoms with Crippen LogP contribution in [-0.2, 0) is 22.3 Å². The standard InChI is InChI=1S/C18H16F3N3O2/c19-18(20,21)13-2-1-3-14(10-13)24-16(26)17(6-7-17)15(25)23-11-12-4-8-22-9-5-12/h1-5,8-10H,6-7,11H2,(H,23,25)(H,24,26). The van der Waals surface area contributed by atoms with Crippen molar-refractivity contribution in [3.8, 4) is 0 Å². The maximum absolute atomic E-state index is 12.8. The van der Waals surface area contributed by atoms with Crippen molar-refractivity contribution in [2.45, 2.75) is 25.6 Å². The zero-order chi connectivity index (χ0) is 18.8. The number of anilines is 1. The Balaban J connectivity index is 1.64. The van der Waals surface area contributed by atoms with Crippen LogP contribution in [0.1, 0.15) is 24.0 Å². The summed E-state index contributed by atoms with van der Waals surface area (Å²) in [4.78, 5) is 28.7. The van der Waals surface area contributed by atoms with Crippen molar-refractivity contribution < 1.29 is 22.8 Å². The second-order valence-corrected chi connectivity index (χ2v) is 6.15. The second kappa shape index (κ2) is 6.78. The smallest absolute Gasteiger partial charge is 0.351 e. The van der Waals surface area contributed by atoms with Gasteiger partial charge in [0.05, 0.1) is 5.56 Å². The first-order valence-electron chi connectivity index (χ1n) is 7.97. The number of carbonyl (C=O) groups excluding carboxylic acids is 2. The number of hydrogen-bond acceptors (Lipinski definition) is 3. The van der Waals surface area contributed by atoms with E-state index in [-0.39, 0.29) is 12.2 Å². The summed E-state index contributed by atoms with van der Waals surface area (Å²) in [5.74, 6) is -1.03. The van der Waals surface area contributed by atoms with Crippen molar-refractivity contribution in [1.29, 1.82) is 0 Å². The maximum Gasteiger partial charge on any atom is 0.416 e. The fourth-order valence-electron chi connectivity index (χ4n) is 2.56. The van der Waals surface area contributed by atoms with E-state index in [9.17, 15) is 22.8 Å². The van der Waals surface area contributed by atoms with Crippen LogP contribution in [-0.4, -0.2) is 16.8 Å². The van der Waals surface area contributed by atoms with Gasteiger partial charge in [0.15, 0.2) is 0 Å². The summed E-state index contributed by atoms with van der Waals surface area (Å²) in [6.07, 6.45) is -0.594. The predicted octanol–water partition coefficient (Wildman–Crippen LogP) is 3.14. The number of alkyl halides is 3. The van der Waals surface area contributed by atoms with Crippen molar-refractivity contribution in [3.63, 3.8) is 0 Å². The van der Waals surface area contributed by atoms with Gasteiger partial charge in [-0.05, 0) is 48.7 Å². The first kappa shape index (κ1) is 17.9. The summed E-state index contributed by atoms with van der Waals surface area (Å²) in [6, 6.07) is 7.82. The second-order valence-electron chi connectivity index (χ2n) is 6.15. The minimum Gasteiger partial charge on any atom is -0.351 e. The van der Waals surface area contributed by atoms with Gasteiger partial charge in [0.25, 0.3) is 0 Å². The van der Waals surface area contributed by atoms with Gasteiger partial charge in [-0.15, -0.1) is 0 Å². The van der Waals surface area contributed by atoms with E-state index in [4.69, 9.17) is 0 Å². The van der Waals surface area contributed by atoms with Crippen molar-refractivity contribution in [2.24, 2.45) is 5.41 Å². The van der Waals surface area contributed by atoms with Gasteiger partial charge in [-0.2, -0.15) is 13.2 Å².